The molecule has 1 heterocycles. The maximum atomic E-state index is 12.3. The summed E-state index contributed by atoms with van der Waals surface area (Å²) in [6.07, 6.45) is 1.86. The topological polar surface area (TPSA) is 101 Å². The molecule has 2 N–H and O–H groups in total. The number of benzene rings is 1. The quantitative estimate of drug-likeness (QED) is 0.803. The Balaban J connectivity index is 2.24. The minimum absolute atomic E-state index is 0.0128. The molecule has 1 unspecified atom stereocenters. The summed E-state index contributed by atoms with van der Waals surface area (Å²) in [4.78, 5) is 35.4. The zero-order valence-corrected chi connectivity index (χ0v) is 13.3. The normalized spacial score (nSPS) is 11.7. The minimum atomic E-state index is -1.09. The van der Waals surface area contributed by atoms with Gasteiger partial charge in [-0.2, -0.15) is 9.78 Å². The van der Waals surface area contributed by atoms with E-state index < -0.39 is 17.9 Å². The fourth-order valence-corrected chi connectivity index (χ4v) is 2.18. The predicted molar refractivity (Wildman–Crippen MR) is 88.2 cm³/mol. The first-order chi connectivity index (χ1) is 11.5. The number of carboxylic acid groups (broad SMARTS) is 1. The molecule has 1 aromatic carbocycles. The lowest BCUT2D eigenvalue weighted by atomic mass is 10.1. The van der Waals surface area contributed by atoms with E-state index >= 15 is 0 Å². The maximum Gasteiger partial charge on any atom is 0.326 e. The number of nitrogens with one attached hydrogen (secondary N) is 1. The number of aromatic nitrogens is 2. The lowest BCUT2D eigenvalue weighted by Gasteiger charge is -2.14. The average molecular weight is 329 g/mol. The van der Waals surface area contributed by atoms with Crippen molar-refractivity contribution in [3.05, 3.63) is 58.5 Å². The predicted octanol–water partition coefficient (Wildman–Crippen LogP) is 1.61. The Kier molecular flexibility index (Phi) is 5.83. The summed E-state index contributed by atoms with van der Waals surface area (Å²) < 4.78 is 1.11. The largest absolute Gasteiger partial charge is 0.480 e. The second-order valence-electron chi connectivity index (χ2n) is 5.31. The third-order valence-corrected chi connectivity index (χ3v) is 3.48. The van der Waals surface area contributed by atoms with Crippen LogP contribution >= 0.6 is 0 Å². The Morgan fingerprint density at radius 1 is 1.21 bits per heavy atom. The van der Waals surface area contributed by atoms with Gasteiger partial charge in [-0.25, -0.2) is 4.79 Å². The Morgan fingerprint density at radius 3 is 2.54 bits per heavy atom. The van der Waals surface area contributed by atoms with Gasteiger partial charge in [0.1, 0.15) is 11.7 Å². The van der Waals surface area contributed by atoms with Crippen LogP contribution < -0.4 is 10.9 Å². The number of carboxylic acids is 1. The molecule has 7 nitrogen and oxygen atoms in total. The molecule has 0 fully saturated rings. The number of para-hydroxylation sites is 1. The number of amides is 1. The standard InChI is InChI=1S/C17H19N3O4/c1-2-3-9-14(17(23)24)18-16(22)13-10-11-15(21)20(19-13)12-7-5-4-6-8-12/h4-8,10-11,14H,2-3,9H2,1H3,(H,18,22)(H,23,24). The molecule has 0 saturated carbocycles. The van der Waals surface area contributed by atoms with E-state index in [9.17, 15) is 19.5 Å². The fourth-order valence-electron chi connectivity index (χ4n) is 2.18. The van der Waals surface area contributed by atoms with Crippen LogP contribution in [0.5, 0.6) is 0 Å². The van der Waals surface area contributed by atoms with Crippen LogP contribution in [0.4, 0.5) is 0 Å². The Morgan fingerprint density at radius 2 is 1.92 bits per heavy atom. The maximum absolute atomic E-state index is 12.3. The summed E-state index contributed by atoms with van der Waals surface area (Å²) in [6, 6.07) is 10.2. The molecule has 0 bridgehead atoms. The average Bonchev–Trinajstić information content (AvgIpc) is 2.59. The number of carbonyl (C=O) groups is 2. The van der Waals surface area contributed by atoms with Crippen molar-refractivity contribution < 1.29 is 14.7 Å². The zero-order valence-electron chi connectivity index (χ0n) is 13.3. The van der Waals surface area contributed by atoms with E-state index in [0.717, 1.165) is 11.1 Å². The van der Waals surface area contributed by atoms with Crippen LogP contribution in [0.3, 0.4) is 0 Å². The van der Waals surface area contributed by atoms with Crippen molar-refractivity contribution in [2.75, 3.05) is 0 Å². The molecule has 24 heavy (non-hydrogen) atoms. The number of carbonyl (C=O) groups excluding carboxylic acids is 1. The lowest BCUT2D eigenvalue weighted by molar-refractivity contribution is -0.139. The van der Waals surface area contributed by atoms with Crippen molar-refractivity contribution in [2.45, 2.75) is 32.2 Å². The van der Waals surface area contributed by atoms with Gasteiger partial charge in [0, 0.05) is 6.07 Å². The van der Waals surface area contributed by atoms with Gasteiger partial charge in [-0.15, -0.1) is 0 Å². The van der Waals surface area contributed by atoms with Crippen LogP contribution in [0.1, 0.15) is 36.7 Å². The number of hydrogen-bond acceptors (Lipinski definition) is 4. The van der Waals surface area contributed by atoms with Gasteiger partial charge in [0.2, 0.25) is 0 Å². The summed E-state index contributed by atoms with van der Waals surface area (Å²) in [5.41, 5.74) is 0.137. The van der Waals surface area contributed by atoms with Crippen LogP contribution in [0.2, 0.25) is 0 Å². The third kappa shape index (κ3) is 4.28. The number of hydrogen-bond donors (Lipinski definition) is 2. The van der Waals surface area contributed by atoms with Crippen LogP contribution in [0, 0.1) is 0 Å². The SMILES string of the molecule is CCCCC(NC(=O)c1ccc(=O)n(-c2ccccc2)n1)C(=O)O. The highest BCUT2D eigenvalue weighted by Gasteiger charge is 2.21. The molecule has 2 aromatic rings. The fraction of sp³-hybridized carbons (Fsp3) is 0.294. The van der Waals surface area contributed by atoms with E-state index in [4.69, 9.17) is 0 Å². The van der Waals surface area contributed by atoms with Crippen molar-refractivity contribution in [1.82, 2.24) is 15.1 Å². The molecule has 2 rings (SSSR count). The summed E-state index contributed by atoms with van der Waals surface area (Å²) in [6.45, 7) is 1.94. The molecule has 1 amide bonds. The molecular formula is C17H19N3O4. The van der Waals surface area contributed by atoms with Crippen molar-refractivity contribution in [2.24, 2.45) is 0 Å². The first-order valence-electron chi connectivity index (χ1n) is 7.72. The molecule has 1 atom stereocenters. The Bertz CT molecular complexity index is 771. The van der Waals surface area contributed by atoms with E-state index in [2.05, 4.69) is 10.4 Å². The number of nitrogens with zero attached hydrogens (tertiary/aromatic N) is 2. The van der Waals surface area contributed by atoms with Crippen molar-refractivity contribution >= 4 is 11.9 Å². The van der Waals surface area contributed by atoms with Crippen molar-refractivity contribution in [1.29, 1.82) is 0 Å². The van der Waals surface area contributed by atoms with Crippen LogP contribution in [0.15, 0.2) is 47.3 Å². The molecule has 0 saturated heterocycles. The smallest absolute Gasteiger partial charge is 0.326 e. The first kappa shape index (κ1) is 17.4. The van der Waals surface area contributed by atoms with Gasteiger partial charge in [0.05, 0.1) is 5.69 Å². The number of aliphatic carboxylic acids is 1. The minimum Gasteiger partial charge on any atom is -0.480 e. The highest BCUT2D eigenvalue weighted by molar-refractivity contribution is 5.94. The van der Waals surface area contributed by atoms with E-state index in [1.165, 1.54) is 12.1 Å². The van der Waals surface area contributed by atoms with Gasteiger partial charge >= 0.3 is 5.97 Å². The highest BCUT2D eigenvalue weighted by Crippen LogP contribution is 2.05. The molecule has 0 aliphatic heterocycles. The van der Waals surface area contributed by atoms with Crippen molar-refractivity contribution in [3.8, 4) is 5.69 Å². The second-order valence-corrected chi connectivity index (χ2v) is 5.31. The van der Waals surface area contributed by atoms with Crippen LogP contribution in [0.25, 0.3) is 5.69 Å². The van der Waals surface area contributed by atoms with Gasteiger partial charge in [-0.05, 0) is 24.6 Å². The van der Waals surface area contributed by atoms with E-state index in [0.29, 0.717) is 18.5 Å². The van der Waals surface area contributed by atoms with Gasteiger partial charge < -0.3 is 10.4 Å². The van der Waals surface area contributed by atoms with Gasteiger partial charge in [-0.3, -0.25) is 9.59 Å². The number of unbranched alkanes of at least 4 members (excludes halogenated alkanes) is 1. The molecule has 0 aliphatic carbocycles. The molecule has 0 spiro atoms. The summed E-state index contributed by atoms with van der Waals surface area (Å²) >= 11 is 0. The lowest BCUT2D eigenvalue weighted by Crippen LogP contribution is -2.41. The summed E-state index contributed by atoms with van der Waals surface area (Å²) in [5, 5.41) is 15.7. The Hall–Kier alpha value is -2.96. The number of rotatable bonds is 7. The molecule has 1 aromatic heterocycles. The summed E-state index contributed by atoms with van der Waals surface area (Å²) in [5.74, 6) is -1.71. The van der Waals surface area contributed by atoms with Gasteiger partial charge in [0.15, 0.2) is 0 Å². The molecule has 0 aliphatic rings. The summed E-state index contributed by atoms with van der Waals surface area (Å²) in [7, 11) is 0. The third-order valence-electron chi connectivity index (χ3n) is 3.48. The first-order valence-corrected chi connectivity index (χ1v) is 7.72. The van der Waals surface area contributed by atoms with E-state index in [-0.39, 0.29) is 11.3 Å². The molecule has 7 heteroatoms. The van der Waals surface area contributed by atoms with Crippen molar-refractivity contribution in [3.63, 3.8) is 0 Å². The second kappa shape index (κ2) is 8.05. The monoisotopic (exact) mass is 329 g/mol. The van der Waals surface area contributed by atoms with Gasteiger partial charge in [0.25, 0.3) is 11.5 Å². The van der Waals surface area contributed by atoms with Crippen LogP contribution in [-0.4, -0.2) is 32.8 Å². The molecule has 126 valence electrons. The van der Waals surface area contributed by atoms with Gasteiger partial charge in [-0.1, -0.05) is 38.0 Å². The van der Waals surface area contributed by atoms with Crippen LogP contribution in [-0.2, 0) is 4.79 Å². The zero-order chi connectivity index (χ0) is 17.5. The Labute approximate surface area is 138 Å². The molecular weight excluding hydrogens is 310 g/mol. The molecule has 0 radical (unpaired) electrons. The van der Waals surface area contributed by atoms with E-state index in [1.54, 1.807) is 30.3 Å². The highest BCUT2D eigenvalue weighted by atomic mass is 16.4. The van der Waals surface area contributed by atoms with E-state index in [1.807, 2.05) is 6.92 Å².